The molecule has 0 spiro atoms. The number of thioether (sulfide) groups is 1. The summed E-state index contributed by atoms with van der Waals surface area (Å²) in [7, 11) is 0. The molecular formula is C22H25N3O3S2. The molecule has 2 aromatic rings. The summed E-state index contributed by atoms with van der Waals surface area (Å²) < 4.78 is 11.5. The summed E-state index contributed by atoms with van der Waals surface area (Å²) in [6.07, 6.45) is 2.70. The predicted octanol–water partition coefficient (Wildman–Crippen LogP) is 3.70. The van der Waals surface area contributed by atoms with Gasteiger partial charge in [0.05, 0.1) is 23.6 Å². The van der Waals surface area contributed by atoms with Crippen molar-refractivity contribution in [3.63, 3.8) is 0 Å². The first-order chi connectivity index (χ1) is 14.7. The van der Waals surface area contributed by atoms with E-state index in [0.29, 0.717) is 42.2 Å². The van der Waals surface area contributed by atoms with Crippen molar-refractivity contribution in [2.75, 3.05) is 51.0 Å². The van der Waals surface area contributed by atoms with E-state index in [-0.39, 0.29) is 5.91 Å². The van der Waals surface area contributed by atoms with E-state index in [4.69, 9.17) is 26.7 Å². The van der Waals surface area contributed by atoms with Crippen LogP contribution in [0, 0.1) is 0 Å². The van der Waals surface area contributed by atoms with Crippen molar-refractivity contribution >= 4 is 57.0 Å². The molecule has 8 heteroatoms. The third kappa shape index (κ3) is 4.67. The van der Waals surface area contributed by atoms with Crippen LogP contribution in [0.25, 0.3) is 17.0 Å². The Balaban J connectivity index is 1.64. The van der Waals surface area contributed by atoms with E-state index in [1.807, 2.05) is 37.3 Å². The monoisotopic (exact) mass is 443 g/mol. The summed E-state index contributed by atoms with van der Waals surface area (Å²) in [5, 5.41) is 1.05. The molecule has 3 heterocycles. The molecule has 4 rings (SSSR count). The number of carbonyl (C=O) groups excluding carboxylic acids is 1. The Morgan fingerprint density at radius 1 is 1.30 bits per heavy atom. The van der Waals surface area contributed by atoms with Crippen molar-refractivity contribution in [3.05, 3.63) is 40.8 Å². The van der Waals surface area contributed by atoms with Gasteiger partial charge < -0.3 is 14.4 Å². The fourth-order valence-electron chi connectivity index (χ4n) is 3.56. The molecule has 0 saturated carbocycles. The van der Waals surface area contributed by atoms with E-state index in [1.165, 1.54) is 11.8 Å². The normalized spacial score (nSPS) is 18.8. The smallest absolute Gasteiger partial charge is 0.266 e. The van der Waals surface area contributed by atoms with Crippen LogP contribution in [-0.4, -0.2) is 66.2 Å². The molecule has 0 radical (unpaired) electrons. The van der Waals surface area contributed by atoms with Gasteiger partial charge in [-0.15, -0.1) is 0 Å². The number of ether oxygens (including phenoxy) is 2. The van der Waals surface area contributed by atoms with Gasteiger partial charge in [0.2, 0.25) is 0 Å². The molecular weight excluding hydrogens is 418 g/mol. The Hall–Kier alpha value is -2.00. The van der Waals surface area contributed by atoms with E-state index >= 15 is 0 Å². The van der Waals surface area contributed by atoms with Gasteiger partial charge in [-0.2, -0.15) is 0 Å². The number of aromatic nitrogens is 1. The predicted molar refractivity (Wildman–Crippen MR) is 126 cm³/mol. The van der Waals surface area contributed by atoms with Gasteiger partial charge in [0.15, 0.2) is 0 Å². The van der Waals surface area contributed by atoms with Gasteiger partial charge >= 0.3 is 0 Å². The number of hydrogen-bond donors (Lipinski definition) is 0. The third-order valence-corrected chi connectivity index (χ3v) is 6.46. The minimum absolute atomic E-state index is 0.0393. The lowest BCUT2D eigenvalue weighted by molar-refractivity contribution is -0.122. The van der Waals surface area contributed by atoms with Crippen molar-refractivity contribution < 1.29 is 14.3 Å². The fourth-order valence-corrected chi connectivity index (χ4v) is 4.86. The Labute approximate surface area is 186 Å². The second-order valence-electron chi connectivity index (χ2n) is 7.08. The zero-order chi connectivity index (χ0) is 20.9. The highest BCUT2D eigenvalue weighted by atomic mass is 32.2. The van der Waals surface area contributed by atoms with Crippen LogP contribution in [0.5, 0.6) is 0 Å². The molecule has 158 valence electrons. The zero-order valence-corrected chi connectivity index (χ0v) is 18.6. The van der Waals surface area contributed by atoms with Crippen LogP contribution >= 0.6 is 24.0 Å². The summed E-state index contributed by atoms with van der Waals surface area (Å²) >= 11 is 6.83. The molecule has 6 nitrogen and oxygen atoms in total. The number of pyridine rings is 1. The quantitative estimate of drug-likeness (QED) is 0.367. The summed E-state index contributed by atoms with van der Waals surface area (Å²) in [5.41, 5.74) is 1.88. The van der Waals surface area contributed by atoms with Gasteiger partial charge in [-0.1, -0.05) is 42.2 Å². The molecule has 1 aromatic carbocycles. The summed E-state index contributed by atoms with van der Waals surface area (Å²) in [5.74, 6) is 0.848. The molecule has 2 aliphatic rings. The van der Waals surface area contributed by atoms with Crippen molar-refractivity contribution in [2.24, 2.45) is 0 Å². The lowest BCUT2D eigenvalue weighted by Gasteiger charge is -2.29. The molecule has 2 saturated heterocycles. The number of morpholine rings is 1. The number of para-hydroxylation sites is 1. The standard InChI is InChI=1S/C22H25N3O3S2/c1-2-27-11-5-8-25-21(26)19(30-22(25)29)15-17-14-16-6-3-4-7-18(16)23-20(17)24-9-12-28-13-10-24/h3-4,6-7,14-15H,2,5,8-13H2,1H3/b19-15-. The topological polar surface area (TPSA) is 54.9 Å². The molecule has 1 aromatic heterocycles. The largest absolute Gasteiger partial charge is 0.382 e. The first-order valence-corrected chi connectivity index (χ1v) is 11.5. The zero-order valence-electron chi connectivity index (χ0n) is 17.0. The number of hydrogen-bond acceptors (Lipinski definition) is 7. The van der Waals surface area contributed by atoms with Crippen molar-refractivity contribution in [3.8, 4) is 0 Å². The number of amides is 1. The minimum atomic E-state index is -0.0393. The van der Waals surface area contributed by atoms with Gasteiger partial charge in [0, 0.05) is 43.8 Å². The maximum atomic E-state index is 13.0. The Morgan fingerprint density at radius 2 is 2.10 bits per heavy atom. The van der Waals surface area contributed by atoms with Crippen LogP contribution in [0.4, 0.5) is 5.82 Å². The molecule has 0 aliphatic carbocycles. The molecule has 30 heavy (non-hydrogen) atoms. The van der Waals surface area contributed by atoms with Gasteiger partial charge in [-0.3, -0.25) is 9.69 Å². The number of nitrogens with zero attached hydrogens (tertiary/aromatic N) is 3. The Kier molecular flexibility index (Phi) is 6.99. The van der Waals surface area contributed by atoms with Crippen LogP contribution in [0.1, 0.15) is 18.9 Å². The highest BCUT2D eigenvalue weighted by Crippen LogP contribution is 2.35. The lowest BCUT2D eigenvalue weighted by atomic mass is 10.1. The molecule has 0 N–H and O–H groups in total. The van der Waals surface area contributed by atoms with E-state index in [2.05, 4.69) is 11.0 Å². The lowest BCUT2D eigenvalue weighted by Crippen LogP contribution is -2.37. The average Bonchev–Trinajstić information content (AvgIpc) is 3.04. The molecule has 0 unspecified atom stereocenters. The Morgan fingerprint density at radius 3 is 2.90 bits per heavy atom. The van der Waals surface area contributed by atoms with Crippen LogP contribution in [0.3, 0.4) is 0 Å². The molecule has 0 bridgehead atoms. The van der Waals surface area contributed by atoms with Crippen molar-refractivity contribution in [1.82, 2.24) is 9.88 Å². The van der Waals surface area contributed by atoms with Gasteiger partial charge in [-0.25, -0.2) is 4.98 Å². The number of benzene rings is 1. The number of fused-ring (bicyclic) bond motifs is 1. The number of anilines is 1. The molecule has 1 amide bonds. The Bertz CT molecular complexity index is 973. The van der Waals surface area contributed by atoms with Crippen molar-refractivity contribution in [2.45, 2.75) is 13.3 Å². The second kappa shape index (κ2) is 9.87. The van der Waals surface area contributed by atoms with Gasteiger partial charge in [0.25, 0.3) is 5.91 Å². The SMILES string of the molecule is CCOCCCN1C(=O)/C(=C/c2cc3ccccc3nc2N2CCOCC2)SC1=S. The van der Waals surface area contributed by atoms with E-state index in [0.717, 1.165) is 41.8 Å². The summed E-state index contributed by atoms with van der Waals surface area (Å²) in [6, 6.07) is 10.2. The van der Waals surface area contributed by atoms with E-state index in [1.54, 1.807) is 4.90 Å². The maximum Gasteiger partial charge on any atom is 0.266 e. The summed E-state index contributed by atoms with van der Waals surface area (Å²) in [4.78, 5) is 22.4. The molecule has 0 atom stereocenters. The van der Waals surface area contributed by atoms with Gasteiger partial charge in [-0.05, 0) is 31.6 Å². The number of thiocarbonyl (C=S) groups is 1. The highest BCUT2D eigenvalue weighted by Gasteiger charge is 2.32. The maximum absolute atomic E-state index is 13.0. The first-order valence-electron chi connectivity index (χ1n) is 10.2. The fraction of sp³-hybridized carbons (Fsp3) is 0.409. The van der Waals surface area contributed by atoms with Crippen LogP contribution < -0.4 is 4.90 Å². The minimum Gasteiger partial charge on any atom is -0.382 e. The average molecular weight is 444 g/mol. The molecule has 2 fully saturated rings. The molecule has 2 aliphatic heterocycles. The third-order valence-electron chi connectivity index (χ3n) is 5.08. The first kappa shape index (κ1) is 21.2. The highest BCUT2D eigenvalue weighted by molar-refractivity contribution is 8.26. The van der Waals surface area contributed by atoms with Crippen LogP contribution in [0.2, 0.25) is 0 Å². The second-order valence-corrected chi connectivity index (χ2v) is 8.75. The van der Waals surface area contributed by atoms with Crippen LogP contribution in [-0.2, 0) is 14.3 Å². The van der Waals surface area contributed by atoms with E-state index in [9.17, 15) is 4.79 Å². The van der Waals surface area contributed by atoms with Gasteiger partial charge in [0.1, 0.15) is 10.1 Å². The number of carbonyl (C=O) groups is 1. The van der Waals surface area contributed by atoms with Crippen LogP contribution in [0.15, 0.2) is 35.2 Å². The number of rotatable bonds is 7. The van der Waals surface area contributed by atoms with E-state index < -0.39 is 0 Å². The summed E-state index contributed by atoms with van der Waals surface area (Å²) in [6.45, 7) is 6.77. The van der Waals surface area contributed by atoms with Crippen molar-refractivity contribution in [1.29, 1.82) is 0 Å².